The summed E-state index contributed by atoms with van der Waals surface area (Å²) in [5.41, 5.74) is 7.21. The van der Waals surface area contributed by atoms with E-state index >= 15 is 0 Å². The summed E-state index contributed by atoms with van der Waals surface area (Å²) in [5, 5.41) is 12.6. The van der Waals surface area contributed by atoms with Gasteiger partial charge in [-0.2, -0.15) is 0 Å². The van der Waals surface area contributed by atoms with E-state index in [-0.39, 0.29) is 11.9 Å². The van der Waals surface area contributed by atoms with Crippen LogP contribution in [-0.2, 0) is 4.79 Å². The summed E-state index contributed by atoms with van der Waals surface area (Å²) in [6, 6.07) is 24.8. The molecule has 0 spiro atoms. The molecule has 0 saturated heterocycles. The zero-order chi connectivity index (χ0) is 22.1. The summed E-state index contributed by atoms with van der Waals surface area (Å²) in [6.07, 6.45) is 0. The van der Waals surface area contributed by atoms with Crippen molar-refractivity contribution in [2.24, 2.45) is 0 Å². The van der Waals surface area contributed by atoms with Crippen LogP contribution < -0.4 is 10.7 Å². The lowest BCUT2D eigenvalue weighted by Gasteiger charge is -2.33. The second kappa shape index (κ2) is 8.68. The number of nitrogens with zero attached hydrogens (tertiary/aromatic N) is 3. The largest absolute Gasteiger partial charge is 0.325 e. The molecule has 5 rings (SSSR count). The van der Waals surface area contributed by atoms with Crippen LogP contribution in [-0.4, -0.2) is 26.0 Å². The van der Waals surface area contributed by atoms with E-state index in [1.54, 1.807) is 0 Å². The number of nitrogens with one attached hydrogen (secondary N) is 2. The number of carbonyl (C=O) groups excluding carboxylic acids is 1. The van der Waals surface area contributed by atoms with Gasteiger partial charge < -0.3 is 10.7 Å². The van der Waals surface area contributed by atoms with Gasteiger partial charge in [0.1, 0.15) is 5.25 Å². The molecular formula is C24H20ClN5OS. The Morgan fingerprint density at radius 1 is 1.03 bits per heavy atom. The van der Waals surface area contributed by atoms with E-state index in [0.717, 1.165) is 22.4 Å². The molecular weight excluding hydrogens is 442 g/mol. The number of halogens is 1. The van der Waals surface area contributed by atoms with Crippen LogP contribution in [0, 0.1) is 6.92 Å². The summed E-state index contributed by atoms with van der Waals surface area (Å²) in [7, 11) is 0. The monoisotopic (exact) mass is 461 g/mol. The Bertz CT molecular complexity index is 1260. The van der Waals surface area contributed by atoms with Gasteiger partial charge in [-0.05, 0) is 42.3 Å². The van der Waals surface area contributed by atoms with Gasteiger partial charge in [-0.1, -0.05) is 78.0 Å². The van der Waals surface area contributed by atoms with Crippen molar-refractivity contribution in [3.63, 3.8) is 0 Å². The number of aromatic nitrogens is 3. The van der Waals surface area contributed by atoms with Crippen LogP contribution in [0.2, 0.25) is 5.02 Å². The van der Waals surface area contributed by atoms with Crippen molar-refractivity contribution in [1.29, 1.82) is 0 Å². The summed E-state index contributed by atoms with van der Waals surface area (Å²) in [4.78, 5) is 13.4. The van der Waals surface area contributed by atoms with E-state index < -0.39 is 5.25 Å². The Kier molecular flexibility index (Phi) is 5.59. The number of hydrogen-bond donors (Lipinski definition) is 2. The maximum absolute atomic E-state index is 13.4. The Labute approximate surface area is 195 Å². The zero-order valence-corrected chi connectivity index (χ0v) is 18.8. The fourth-order valence-electron chi connectivity index (χ4n) is 3.69. The van der Waals surface area contributed by atoms with Gasteiger partial charge in [-0.15, -0.1) is 10.2 Å². The van der Waals surface area contributed by atoms with Crippen LogP contribution in [0.1, 0.15) is 17.2 Å². The molecule has 6 nitrogen and oxygen atoms in total. The van der Waals surface area contributed by atoms with Gasteiger partial charge in [0.05, 0.1) is 6.04 Å². The van der Waals surface area contributed by atoms with Crippen molar-refractivity contribution >= 4 is 35.0 Å². The van der Waals surface area contributed by atoms with E-state index in [0.29, 0.717) is 16.0 Å². The number of aryl methyl sites for hydroxylation is 1. The molecule has 3 aromatic carbocycles. The van der Waals surface area contributed by atoms with Gasteiger partial charge in [0.15, 0.2) is 5.82 Å². The minimum Gasteiger partial charge on any atom is -0.325 e. The number of amides is 1. The van der Waals surface area contributed by atoms with Crippen LogP contribution in [0.15, 0.2) is 84.0 Å². The van der Waals surface area contributed by atoms with Crippen molar-refractivity contribution in [3.8, 4) is 11.4 Å². The van der Waals surface area contributed by atoms with Gasteiger partial charge in [0.2, 0.25) is 11.1 Å². The van der Waals surface area contributed by atoms with Crippen LogP contribution in [0.25, 0.3) is 11.4 Å². The van der Waals surface area contributed by atoms with Crippen molar-refractivity contribution in [2.45, 2.75) is 23.4 Å². The molecule has 0 unspecified atom stereocenters. The van der Waals surface area contributed by atoms with E-state index in [1.807, 2.05) is 90.5 Å². The quantitative estimate of drug-likeness (QED) is 0.431. The first-order chi connectivity index (χ1) is 15.6. The van der Waals surface area contributed by atoms with Gasteiger partial charge in [-0.3, -0.25) is 4.79 Å². The van der Waals surface area contributed by atoms with Crippen molar-refractivity contribution in [2.75, 3.05) is 10.7 Å². The maximum atomic E-state index is 13.4. The third-order valence-corrected chi connectivity index (χ3v) is 6.71. The summed E-state index contributed by atoms with van der Waals surface area (Å²) < 4.78 is 1.86. The van der Waals surface area contributed by atoms with E-state index in [4.69, 9.17) is 11.6 Å². The summed E-state index contributed by atoms with van der Waals surface area (Å²) in [6.45, 7) is 2.00. The van der Waals surface area contributed by atoms with Crippen LogP contribution in [0.5, 0.6) is 0 Å². The first-order valence-electron chi connectivity index (χ1n) is 10.2. The molecule has 8 heteroatoms. The third-order valence-electron chi connectivity index (χ3n) is 5.24. The van der Waals surface area contributed by atoms with Crippen LogP contribution >= 0.6 is 23.4 Å². The Morgan fingerprint density at radius 3 is 2.56 bits per heavy atom. The molecule has 2 heterocycles. The average Bonchev–Trinajstić information content (AvgIpc) is 3.22. The predicted molar refractivity (Wildman–Crippen MR) is 128 cm³/mol. The Morgan fingerprint density at radius 2 is 1.81 bits per heavy atom. The second-order valence-corrected chi connectivity index (χ2v) is 9.11. The highest BCUT2D eigenvalue weighted by atomic mass is 35.5. The van der Waals surface area contributed by atoms with Crippen molar-refractivity contribution in [3.05, 3.63) is 95.0 Å². The predicted octanol–water partition coefficient (Wildman–Crippen LogP) is 5.30. The van der Waals surface area contributed by atoms with E-state index in [1.165, 1.54) is 11.8 Å². The van der Waals surface area contributed by atoms with Gasteiger partial charge >= 0.3 is 0 Å². The minimum atomic E-state index is -0.461. The molecule has 2 N–H and O–H groups in total. The molecule has 32 heavy (non-hydrogen) atoms. The molecule has 0 fully saturated rings. The lowest BCUT2D eigenvalue weighted by molar-refractivity contribution is -0.116. The lowest BCUT2D eigenvalue weighted by atomic mass is 10.0. The van der Waals surface area contributed by atoms with Gasteiger partial charge in [0.25, 0.3) is 0 Å². The Hall–Kier alpha value is -3.29. The molecule has 4 aromatic rings. The van der Waals surface area contributed by atoms with Gasteiger partial charge in [-0.25, -0.2) is 4.68 Å². The highest BCUT2D eigenvalue weighted by Crippen LogP contribution is 2.39. The fourth-order valence-corrected chi connectivity index (χ4v) is 4.89. The molecule has 0 saturated carbocycles. The fraction of sp³-hybridized carbons (Fsp3) is 0.125. The number of thioether (sulfide) groups is 1. The molecule has 2 atom stereocenters. The molecule has 0 bridgehead atoms. The van der Waals surface area contributed by atoms with Crippen LogP contribution in [0.3, 0.4) is 0 Å². The normalized spacial score (nSPS) is 17.3. The van der Waals surface area contributed by atoms with Crippen molar-refractivity contribution in [1.82, 2.24) is 14.9 Å². The third kappa shape index (κ3) is 4.09. The highest BCUT2D eigenvalue weighted by molar-refractivity contribution is 8.00. The highest BCUT2D eigenvalue weighted by Gasteiger charge is 2.38. The molecule has 0 aliphatic carbocycles. The number of hydrogen-bond acceptors (Lipinski definition) is 5. The van der Waals surface area contributed by atoms with E-state index in [9.17, 15) is 4.79 Å². The molecule has 1 amide bonds. The lowest BCUT2D eigenvalue weighted by Crippen LogP contribution is -2.41. The SMILES string of the molecule is Cc1cccc(NC(=O)[C@@H]2Sc3nnc(-c4ccccc4)n3N[C@H]2c2ccc(Cl)cc2)c1. The van der Waals surface area contributed by atoms with Crippen LogP contribution in [0.4, 0.5) is 5.69 Å². The average molecular weight is 462 g/mol. The zero-order valence-electron chi connectivity index (χ0n) is 17.2. The molecule has 1 aliphatic heterocycles. The second-order valence-electron chi connectivity index (χ2n) is 7.56. The summed E-state index contributed by atoms with van der Waals surface area (Å²) in [5.74, 6) is 0.591. The van der Waals surface area contributed by atoms with Gasteiger partial charge in [0, 0.05) is 16.3 Å². The number of benzene rings is 3. The minimum absolute atomic E-state index is 0.108. The number of anilines is 1. The maximum Gasteiger partial charge on any atom is 0.240 e. The summed E-state index contributed by atoms with van der Waals surface area (Å²) >= 11 is 7.50. The van der Waals surface area contributed by atoms with Crippen molar-refractivity contribution < 1.29 is 4.79 Å². The smallest absolute Gasteiger partial charge is 0.240 e. The first-order valence-corrected chi connectivity index (χ1v) is 11.4. The molecule has 160 valence electrons. The first kappa shape index (κ1) is 20.6. The topological polar surface area (TPSA) is 71.8 Å². The Balaban J connectivity index is 1.51. The number of fused-ring (bicyclic) bond motifs is 1. The standard InChI is InChI=1S/C24H20ClN5OS/c1-15-6-5-9-19(14-15)26-23(31)21-20(16-10-12-18(25)13-11-16)29-30-22(27-28-24(30)32-21)17-7-3-2-4-8-17/h2-14,20-21,29H,1H3,(H,26,31)/t20-,21+/m0/s1. The molecule has 1 aliphatic rings. The molecule has 0 radical (unpaired) electrons. The van der Waals surface area contributed by atoms with E-state index in [2.05, 4.69) is 20.9 Å². The number of rotatable bonds is 4. The molecule has 1 aromatic heterocycles. The number of carbonyl (C=O) groups is 1.